The van der Waals surface area contributed by atoms with Gasteiger partial charge in [-0.05, 0) is 92.7 Å². The van der Waals surface area contributed by atoms with E-state index in [2.05, 4.69) is 4.90 Å². The van der Waals surface area contributed by atoms with Gasteiger partial charge >= 0.3 is 0 Å². The molecule has 1 amide bonds. The van der Waals surface area contributed by atoms with Crippen molar-refractivity contribution in [3.05, 3.63) is 95.6 Å². The average Bonchev–Trinajstić information content (AvgIpc) is 2.85. The van der Waals surface area contributed by atoms with Crippen LogP contribution in [0.1, 0.15) is 33.6 Å². The zero-order valence-corrected chi connectivity index (χ0v) is 18.8. The Balaban J connectivity index is 1.40. The molecule has 176 valence electrons. The standard InChI is InChI=1S/C27H27F2N3O2/c28-22-6-4-19(5-7-22)26(33)20-12-14-31(15-13-20)16-17-32(25-10-8-23(29)9-11-25)27(34)21-2-1-3-24(30)18-21/h1-11,18,20H,12-17,30H2. The van der Waals surface area contributed by atoms with Gasteiger partial charge in [0, 0.05) is 41.5 Å². The second-order valence-corrected chi connectivity index (χ2v) is 8.55. The molecule has 7 heteroatoms. The van der Waals surface area contributed by atoms with E-state index in [0.717, 1.165) is 13.1 Å². The van der Waals surface area contributed by atoms with Crippen molar-refractivity contribution >= 4 is 23.1 Å². The molecule has 0 unspecified atom stereocenters. The Labute approximate surface area is 197 Å². The van der Waals surface area contributed by atoms with Crippen LogP contribution in [0.25, 0.3) is 0 Å². The van der Waals surface area contributed by atoms with E-state index in [4.69, 9.17) is 5.73 Å². The molecule has 4 rings (SSSR count). The fourth-order valence-corrected chi connectivity index (χ4v) is 4.31. The molecule has 0 atom stereocenters. The van der Waals surface area contributed by atoms with Crippen LogP contribution in [-0.2, 0) is 0 Å². The second-order valence-electron chi connectivity index (χ2n) is 8.55. The first-order valence-electron chi connectivity index (χ1n) is 11.4. The number of rotatable bonds is 7. The van der Waals surface area contributed by atoms with E-state index >= 15 is 0 Å². The van der Waals surface area contributed by atoms with Crippen molar-refractivity contribution in [1.82, 2.24) is 4.90 Å². The zero-order chi connectivity index (χ0) is 24.1. The topological polar surface area (TPSA) is 66.6 Å². The number of halogens is 2. The van der Waals surface area contributed by atoms with Crippen LogP contribution in [0.5, 0.6) is 0 Å². The monoisotopic (exact) mass is 463 g/mol. The predicted molar refractivity (Wildman–Crippen MR) is 129 cm³/mol. The quantitative estimate of drug-likeness (QED) is 0.404. The summed E-state index contributed by atoms with van der Waals surface area (Å²) < 4.78 is 26.6. The molecule has 1 aliphatic heterocycles. The Morgan fingerprint density at radius 1 is 0.882 bits per heavy atom. The van der Waals surface area contributed by atoms with Gasteiger partial charge in [0.1, 0.15) is 11.6 Å². The molecule has 1 fully saturated rings. The van der Waals surface area contributed by atoms with Crippen LogP contribution in [0.3, 0.4) is 0 Å². The van der Waals surface area contributed by atoms with Crippen LogP contribution in [0.2, 0.25) is 0 Å². The summed E-state index contributed by atoms with van der Waals surface area (Å²) in [6.45, 7) is 2.47. The minimum Gasteiger partial charge on any atom is -0.399 e. The van der Waals surface area contributed by atoms with Crippen LogP contribution in [-0.4, -0.2) is 42.8 Å². The van der Waals surface area contributed by atoms with Crippen LogP contribution in [0, 0.1) is 17.6 Å². The number of nitrogens with zero attached hydrogens (tertiary/aromatic N) is 2. The minimum absolute atomic E-state index is 0.0458. The van der Waals surface area contributed by atoms with Crippen molar-refractivity contribution in [2.45, 2.75) is 12.8 Å². The third kappa shape index (κ3) is 5.66. The summed E-state index contributed by atoms with van der Waals surface area (Å²) in [4.78, 5) is 29.8. The molecule has 0 saturated carbocycles. The number of hydrogen-bond acceptors (Lipinski definition) is 4. The third-order valence-electron chi connectivity index (χ3n) is 6.24. The Bertz CT molecular complexity index is 1140. The molecule has 1 saturated heterocycles. The molecule has 0 aromatic heterocycles. The third-order valence-corrected chi connectivity index (χ3v) is 6.24. The molecule has 0 spiro atoms. The molecule has 1 aliphatic rings. The van der Waals surface area contributed by atoms with Crippen LogP contribution >= 0.6 is 0 Å². The van der Waals surface area contributed by atoms with Crippen LogP contribution < -0.4 is 10.6 Å². The Morgan fingerprint density at radius 2 is 1.50 bits per heavy atom. The zero-order valence-electron chi connectivity index (χ0n) is 18.8. The van der Waals surface area contributed by atoms with E-state index in [1.54, 1.807) is 41.3 Å². The van der Waals surface area contributed by atoms with Gasteiger partial charge in [0.2, 0.25) is 0 Å². The molecule has 0 radical (unpaired) electrons. The molecular weight excluding hydrogens is 436 g/mol. The summed E-state index contributed by atoms with van der Waals surface area (Å²) in [6.07, 6.45) is 1.41. The lowest BCUT2D eigenvalue weighted by molar-refractivity contribution is 0.0841. The minimum atomic E-state index is -0.368. The van der Waals surface area contributed by atoms with Gasteiger partial charge in [0.05, 0.1) is 0 Å². The summed E-state index contributed by atoms with van der Waals surface area (Å²) in [5.74, 6) is -0.980. The van der Waals surface area contributed by atoms with E-state index in [-0.39, 0.29) is 29.2 Å². The van der Waals surface area contributed by atoms with Gasteiger partial charge in [-0.2, -0.15) is 0 Å². The molecular formula is C27H27F2N3O2. The van der Waals surface area contributed by atoms with Gasteiger partial charge in [-0.1, -0.05) is 6.07 Å². The lowest BCUT2D eigenvalue weighted by Gasteiger charge is -2.33. The van der Waals surface area contributed by atoms with Crippen molar-refractivity contribution < 1.29 is 18.4 Å². The van der Waals surface area contributed by atoms with Crippen molar-refractivity contribution in [2.24, 2.45) is 5.92 Å². The number of piperidine rings is 1. The predicted octanol–water partition coefficient (Wildman–Crippen LogP) is 4.79. The van der Waals surface area contributed by atoms with Crippen LogP contribution in [0.15, 0.2) is 72.8 Å². The first-order chi connectivity index (χ1) is 16.4. The number of Topliss-reactive ketones (excluding diaryl/α,β-unsaturated/α-hetero) is 1. The van der Waals surface area contributed by atoms with Gasteiger partial charge < -0.3 is 15.5 Å². The number of amides is 1. The summed E-state index contributed by atoms with van der Waals surface area (Å²) in [7, 11) is 0. The summed E-state index contributed by atoms with van der Waals surface area (Å²) in [5.41, 5.74) is 7.97. The highest BCUT2D eigenvalue weighted by atomic mass is 19.1. The molecule has 3 aromatic rings. The number of anilines is 2. The lowest BCUT2D eigenvalue weighted by atomic mass is 9.89. The van der Waals surface area contributed by atoms with Crippen molar-refractivity contribution in [2.75, 3.05) is 36.8 Å². The Kier molecular flexibility index (Phi) is 7.33. The van der Waals surface area contributed by atoms with Crippen molar-refractivity contribution in [1.29, 1.82) is 0 Å². The number of nitrogen functional groups attached to an aromatic ring is 1. The highest BCUT2D eigenvalue weighted by Gasteiger charge is 2.27. The fraction of sp³-hybridized carbons (Fsp3) is 0.259. The SMILES string of the molecule is Nc1cccc(C(=O)N(CCN2CCC(C(=O)c3ccc(F)cc3)CC2)c2ccc(F)cc2)c1. The normalized spacial score (nSPS) is 14.6. The number of nitrogens with two attached hydrogens (primary N) is 1. The Hall–Kier alpha value is -3.58. The second kappa shape index (κ2) is 10.6. The molecule has 34 heavy (non-hydrogen) atoms. The fourth-order valence-electron chi connectivity index (χ4n) is 4.31. The maximum atomic E-state index is 13.5. The van der Waals surface area contributed by atoms with Gasteiger partial charge in [0.15, 0.2) is 5.78 Å². The first kappa shape index (κ1) is 23.6. The molecule has 0 bridgehead atoms. The van der Waals surface area contributed by atoms with E-state index in [1.165, 1.54) is 36.4 Å². The molecule has 1 heterocycles. The molecule has 5 nitrogen and oxygen atoms in total. The summed E-state index contributed by atoms with van der Waals surface area (Å²) in [6, 6.07) is 18.3. The van der Waals surface area contributed by atoms with E-state index in [9.17, 15) is 18.4 Å². The van der Waals surface area contributed by atoms with E-state index < -0.39 is 0 Å². The van der Waals surface area contributed by atoms with Crippen molar-refractivity contribution in [3.8, 4) is 0 Å². The Morgan fingerprint density at radius 3 is 2.12 bits per heavy atom. The van der Waals surface area contributed by atoms with Crippen molar-refractivity contribution in [3.63, 3.8) is 0 Å². The highest BCUT2D eigenvalue weighted by molar-refractivity contribution is 6.06. The number of hydrogen-bond donors (Lipinski definition) is 1. The van der Waals surface area contributed by atoms with E-state index in [1.807, 2.05) is 0 Å². The summed E-state index contributed by atoms with van der Waals surface area (Å²) in [5, 5.41) is 0. The van der Waals surface area contributed by atoms with Gasteiger partial charge in [-0.25, -0.2) is 8.78 Å². The number of ketones is 1. The number of carbonyl (C=O) groups is 2. The maximum Gasteiger partial charge on any atom is 0.258 e. The van der Waals surface area contributed by atoms with E-state index in [0.29, 0.717) is 48.4 Å². The number of likely N-dealkylation sites (tertiary alicyclic amines) is 1. The number of benzene rings is 3. The molecule has 3 aromatic carbocycles. The molecule has 2 N–H and O–H groups in total. The smallest absolute Gasteiger partial charge is 0.258 e. The van der Waals surface area contributed by atoms with Gasteiger partial charge in [0.25, 0.3) is 5.91 Å². The van der Waals surface area contributed by atoms with Gasteiger partial charge in [-0.3, -0.25) is 9.59 Å². The first-order valence-corrected chi connectivity index (χ1v) is 11.4. The summed E-state index contributed by atoms with van der Waals surface area (Å²) >= 11 is 0. The average molecular weight is 464 g/mol. The highest BCUT2D eigenvalue weighted by Crippen LogP contribution is 2.23. The van der Waals surface area contributed by atoms with Crippen LogP contribution in [0.4, 0.5) is 20.2 Å². The maximum absolute atomic E-state index is 13.5. The number of carbonyl (C=O) groups excluding carboxylic acids is 2. The molecule has 0 aliphatic carbocycles. The lowest BCUT2D eigenvalue weighted by Crippen LogP contribution is -2.42. The van der Waals surface area contributed by atoms with Gasteiger partial charge in [-0.15, -0.1) is 0 Å². The largest absolute Gasteiger partial charge is 0.399 e.